The largest absolute Gasteiger partial charge is 0.310 e. The zero-order valence-electron chi connectivity index (χ0n) is 36.3. The maximum Gasteiger partial charge on any atom is 0.0619 e. The Balaban J connectivity index is 0.888. The highest BCUT2D eigenvalue weighted by atomic mass is 15.1. The average molecular weight is 841 g/mol. The molecule has 1 aromatic heterocycles. The van der Waals surface area contributed by atoms with Gasteiger partial charge in [0.05, 0.1) is 11.0 Å². The van der Waals surface area contributed by atoms with Gasteiger partial charge in [0.1, 0.15) is 0 Å². The Labute approximate surface area is 385 Å². The number of para-hydroxylation sites is 1. The van der Waals surface area contributed by atoms with Crippen LogP contribution < -0.4 is 4.90 Å². The lowest BCUT2D eigenvalue weighted by molar-refractivity contribution is 1.19. The van der Waals surface area contributed by atoms with Crippen molar-refractivity contribution in [3.63, 3.8) is 0 Å². The molecular weight excluding hydrogens is 797 g/mol. The Bertz CT molecular complexity index is 3630. The van der Waals surface area contributed by atoms with Crippen LogP contribution in [0.3, 0.4) is 0 Å². The van der Waals surface area contributed by atoms with Crippen molar-refractivity contribution in [3.8, 4) is 61.3 Å². The van der Waals surface area contributed by atoms with E-state index >= 15 is 0 Å². The molecule has 0 amide bonds. The number of fused-ring (bicyclic) bond motifs is 5. The smallest absolute Gasteiger partial charge is 0.0619 e. The highest BCUT2D eigenvalue weighted by Gasteiger charge is 2.17. The van der Waals surface area contributed by atoms with Gasteiger partial charge in [0.25, 0.3) is 0 Å². The summed E-state index contributed by atoms with van der Waals surface area (Å²) in [6.45, 7) is 0. The number of hydrogen-bond donors (Lipinski definition) is 0. The van der Waals surface area contributed by atoms with Crippen molar-refractivity contribution in [1.29, 1.82) is 0 Å². The Morgan fingerprint density at radius 3 is 1.20 bits per heavy atom. The van der Waals surface area contributed by atoms with Crippen molar-refractivity contribution in [1.82, 2.24) is 4.57 Å². The van der Waals surface area contributed by atoms with Crippen molar-refractivity contribution in [2.45, 2.75) is 0 Å². The number of anilines is 3. The van der Waals surface area contributed by atoms with Gasteiger partial charge in [-0.15, -0.1) is 0 Å². The molecule has 11 aromatic carbocycles. The first-order valence-electron chi connectivity index (χ1n) is 22.7. The summed E-state index contributed by atoms with van der Waals surface area (Å²) in [7, 11) is 0. The van der Waals surface area contributed by atoms with E-state index in [1.54, 1.807) is 0 Å². The molecule has 0 spiro atoms. The summed E-state index contributed by atoms with van der Waals surface area (Å²) >= 11 is 0. The maximum absolute atomic E-state index is 2.43. The molecule has 2 heteroatoms. The third kappa shape index (κ3) is 7.21. The van der Waals surface area contributed by atoms with Crippen LogP contribution in [-0.2, 0) is 0 Å². The van der Waals surface area contributed by atoms with E-state index in [0.717, 1.165) is 22.7 Å². The van der Waals surface area contributed by atoms with Gasteiger partial charge in [-0.1, -0.05) is 212 Å². The molecule has 2 nitrogen and oxygen atoms in total. The van der Waals surface area contributed by atoms with Gasteiger partial charge in [0.2, 0.25) is 0 Å². The first-order chi connectivity index (χ1) is 32.7. The normalized spacial score (nSPS) is 11.3. The Hall–Kier alpha value is -8.72. The van der Waals surface area contributed by atoms with Crippen LogP contribution in [0.2, 0.25) is 0 Å². The van der Waals surface area contributed by atoms with Crippen molar-refractivity contribution < 1.29 is 0 Å². The summed E-state index contributed by atoms with van der Waals surface area (Å²) in [5.74, 6) is 0. The highest BCUT2D eigenvalue weighted by molar-refractivity contribution is 6.18. The molecule has 12 aromatic rings. The predicted octanol–water partition coefficient (Wildman–Crippen LogP) is 17.7. The SMILES string of the molecule is c1ccc(-c2ccc(-c3ccc(N(c4ccc(-c5ccc(-n6c7ccccc7c7ccc8ccccc8c76)cc5)cc4)c4cccc(-c5ccc(-c6ccccc6)cc5)c4)cc3)cc2)cc1. The van der Waals surface area contributed by atoms with Crippen LogP contribution in [-0.4, -0.2) is 4.57 Å². The van der Waals surface area contributed by atoms with Crippen LogP contribution in [0.1, 0.15) is 0 Å². The van der Waals surface area contributed by atoms with Gasteiger partial charge in [-0.05, 0) is 116 Å². The fraction of sp³-hybridized carbons (Fsp3) is 0. The number of hydrogen-bond acceptors (Lipinski definition) is 1. The molecule has 0 bridgehead atoms. The summed E-state index contributed by atoms with van der Waals surface area (Å²) in [5, 5.41) is 5.04. The van der Waals surface area contributed by atoms with Crippen molar-refractivity contribution >= 4 is 49.6 Å². The second kappa shape index (κ2) is 16.8. The third-order valence-corrected chi connectivity index (χ3v) is 13.0. The van der Waals surface area contributed by atoms with E-state index in [-0.39, 0.29) is 0 Å². The van der Waals surface area contributed by atoms with Gasteiger partial charge in [0.15, 0.2) is 0 Å². The predicted molar refractivity (Wildman–Crippen MR) is 280 cm³/mol. The molecule has 0 N–H and O–H groups in total. The lowest BCUT2D eigenvalue weighted by atomic mass is 9.99. The Morgan fingerprint density at radius 1 is 0.242 bits per heavy atom. The lowest BCUT2D eigenvalue weighted by Crippen LogP contribution is -2.10. The molecule has 0 saturated heterocycles. The summed E-state index contributed by atoms with van der Waals surface area (Å²) in [6.07, 6.45) is 0. The summed E-state index contributed by atoms with van der Waals surface area (Å²) in [5.41, 5.74) is 18.8. The van der Waals surface area contributed by atoms with E-state index in [4.69, 9.17) is 0 Å². The Kier molecular flexibility index (Phi) is 9.89. The molecular formula is C64H44N2. The summed E-state index contributed by atoms with van der Waals surface area (Å²) in [4.78, 5) is 2.36. The molecule has 0 aliphatic heterocycles. The molecule has 0 aliphatic carbocycles. The van der Waals surface area contributed by atoms with Crippen LogP contribution in [0.5, 0.6) is 0 Å². The molecule has 0 saturated carbocycles. The number of nitrogens with zero attached hydrogens (tertiary/aromatic N) is 2. The van der Waals surface area contributed by atoms with E-state index in [0.29, 0.717) is 0 Å². The summed E-state index contributed by atoms with van der Waals surface area (Å²) < 4.78 is 2.43. The van der Waals surface area contributed by atoms with Crippen molar-refractivity contribution in [2.24, 2.45) is 0 Å². The zero-order chi connectivity index (χ0) is 43.8. The van der Waals surface area contributed by atoms with Gasteiger partial charge in [-0.25, -0.2) is 0 Å². The lowest BCUT2D eigenvalue weighted by Gasteiger charge is -2.26. The quantitative estimate of drug-likeness (QED) is 0.141. The van der Waals surface area contributed by atoms with E-state index < -0.39 is 0 Å². The molecule has 66 heavy (non-hydrogen) atoms. The molecule has 1 heterocycles. The van der Waals surface area contributed by atoms with Gasteiger partial charge >= 0.3 is 0 Å². The van der Waals surface area contributed by atoms with Crippen LogP contribution in [0.15, 0.2) is 267 Å². The molecule has 310 valence electrons. The van der Waals surface area contributed by atoms with E-state index in [9.17, 15) is 0 Å². The monoisotopic (exact) mass is 840 g/mol. The van der Waals surface area contributed by atoms with Crippen molar-refractivity contribution in [3.05, 3.63) is 267 Å². The maximum atomic E-state index is 2.43. The fourth-order valence-corrected chi connectivity index (χ4v) is 9.65. The van der Waals surface area contributed by atoms with Crippen LogP contribution >= 0.6 is 0 Å². The number of benzene rings is 11. The number of rotatable bonds is 9. The Morgan fingerprint density at radius 2 is 0.652 bits per heavy atom. The molecule has 0 radical (unpaired) electrons. The second-order valence-electron chi connectivity index (χ2n) is 16.9. The van der Waals surface area contributed by atoms with Crippen LogP contribution in [0.25, 0.3) is 93.9 Å². The minimum Gasteiger partial charge on any atom is -0.310 e. The van der Waals surface area contributed by atoms with Gasteiger partial charge < -0.3 is 9.47 Å². The summed E-state index contributed by atoms with van der Waals surface area (Å²) in [6, 6.07) is 96.7. The minimum absolute atomic E-state index is 1.09. The zero-order valence-corrected chi connectivity index (χ0v) is 36.3. The van der Waals surface area contributed by atoms with E-state index in [2.05, 4.69) is 276 Å². The van der Waals surface area contributed by atoms with Crippen LogP contribution in [0, 0.1) is 0 Å². The standard InChI is InChI=1S/C64H44N2/c1-3-12-45(13-4-1)47-22-24-49(25-23-47)50-30-37-56(38-31-50)65(59-18-11-17-55(44-59)53-28-26-48(27-29-53)46-14-5-2-6-15-46)57-39-32-51(33-40-57)52-34-41-58(42-35-52)66-63-21-10-9-20-61(63)62-43-36-54-16-7-8-19-60(54)64(62)66/h1-44H. The first kappa shape index (κ1) is 38.9. The third-order valence-electron chi connectivity index (χ3n) is 13.0. The number of aromatic nitrogens is 1. The minimum atomic E-state index is 1.09. The average Bonchev–Trinajstić information content (AvgIpc) is 3.75. The first-order valence-corrected chi connectivity index (χ1v) is 22.7. The van der Waals surface area contributed by atoms with E-state index in [1.807, 2.05) is 0 Å². The van der Waals surface area contributed by atoms with Gasteiger partial charge in [-0.2, -0.15) is 0 Å². The van der Waals surface area contributed by atoms with Gasteiger partial charge in [-0.3, -0.25) is 0 Å². The second-order valence-corrected chi connectivity index (χ2v) is 16.9. The molecule has 12 rings (SSSR count). The molecule has 0 aliphatic rings. The molecule has 0 unspecified atom stereocenters. The van der Waals surface area contributed by atoms with Gasteiger partial charge in [0, 0.05) is 38.9 Å². The fourth-order valence-electron chi connectivity index (χ4n) is 9.65. The van der Waals surface area contributed by atoms with E-state index in [1.165, 1.54) is 88.2 Å². The molecule has 0 fully saturated rings. The van der Waals surface area contributed by atoms with Crippen molar-refractivity contribution in [2.75, 3.05) is 4.90 Å². The highest BCUT2D eigenvalue weighted by Crippen LogP contribution is 2.40. The topological polar surface area (TPSA) is 8.17 Å². The van der Waals surface area contributed by atoms with Crippen LogP contribution in [0.4, 0.5) is 17.1 Å². The molecule has 0 atom stereocenters.